The average Bonchev–Trinajstić information content (AvgIpc) is 3.10. The molecule has 29 heavy (non-hydrogen) atoms. The molecule has 4 rings (SSSR count). The molecule has 0 aliphatic rings. The van der Waals surface area contributed by atoms with Crippen LogP contribution in [0.1, 0.15) is 10.4 Å². The van der Waals surface area contributed by atoms with Crippen molar-refractivity contribution in [3.8, 4) is 0 Å². The maximum atomic E-state index is 13.0. The number of para-hydroxylation sites is 1. The molecule has 6 nitrogen and oxygen atoms in total. The number of hydrogen-bond donors (Lipinski definition) is 2. The fourth-order valence-electron chi connectivity index (χ4n) is 2.65. The number of carbonyl (C=O) groups is 1. The van der Waals surface area contributed by atoms with Crippen LogP contribution in [-0.2, 0) is 10.0 Å². The maximum Gasteiger partial charge on any atom is 0.261 e. The van der Waals surface area contributed by atoms with Crippen LogP contribution in [0.15, 0.2) is 77.7 Å². The zero-order valence-corrected chi connectivity index (χ0v) is 16.4. The van der Waals surface area contributed by atoms with Gasteiger partial charge in [0.1, 0.15) is 5.82 Å². The summed E-state index contributed by atoms with van der Waals surface area (Å²) in [5.41, 5.74) is 1.27. The number of nitrogens with zero attached hydrogens (tertiary/aromatic N) is 1. The van der Waals surface area contributed by atoms with Gasteiger partial charge in [-0.1, -0.05) is 29.5 Å². The first-order valence-corrected chi connectivity index (χ1v) is 10.8. The average molecular weight is 427 g/mol. The second-order valence-electron chi connectivity index (χ2n) is 6.08. The molecule has 0 fully saturated rings. The summed E-state index contributed by atoms with van der Waals surface area (Å²) in [6, 6.07) is 18.1. The van der Waals surface area contributed by atoms with E-state index in [0.29, 0.717) is 5.13 Å². The number of carbonyl (C=O) groups excluding carboxylic acids is 1. The summed E-state index contributed by atoms with van der Waals surface area (Å²) in [5, 5.41) is 3.18. The van der Waals surface area contributed by atoms with Crippen molar-refractivity contribution in [2.24, 2.45) is 0 Å². The van der Waals surface area contributed by atoms with Gasteiger partial charge in [-0.3, -0.25) is 14.8 Å². The molecule has 1 amide bonds. The SMILES string of the molecule is O=C(Nc1nc2ccccc2s1)c1cccc(NS(=O)(=O)c2ccc(F)cc2)c1. The predicted molar refractivity (Wildman–Crippen MR) is 111 cm³/mol. The lowest BCUT2D eigenvalue weighted by Crippen LogP contribution is -2.15. The number of fused-ring (bicyclic) bond motifs is 1. The van der Waals surface area contributed by atoms with Gasteiger partial charge in [-0.2, -0.15) is 0 Å². The molecule has 146 valence electrons. The van der Waals surface area contributed by atoms with Crippen molar-refractivity contribution in [1.29, 1.82) is 0 Å². The second kappa shape index (κ2) is 7.61. The Bertz CT molecular complexity index is 1270. The van der Waals surface area contributed by atoms with Gasteiger partial charge >= 0.3 is 0 Å². The van der Waals surface area contributed by atoms with E-state index in [9.17, 15) is 17.6 Å². The van der Waals surface area contributed by atoms with Crippen LogP contribution in [0.25, 0.3) is 10.2 Å². The number of amides is 1. The molecule has 0 unspecified atom stereocenters. The predicted octanol–water partition coefficient (Wildman–Crippen LogP) is 4.49. The van der Waals surface area contributed by atoms with Gasteiger partial charge in [-0.25, -0.2) is 17.8 Å². The molecule has 1 heterocycles. The molecule has 0 radical (unpaired) electrons. The van der Waals surface area contributed by atoms with Crippen LogP contribution in [-0.4, -0.2) is 19.3 Å². The van der Waals surface area contributed by atoms with Gasteiger partial charge in [0, 0.05) is 11.3 Å². The first-order valence-electron chi connectivity index (χ1n) is 8.46. The van der Waals surface area contributed by atoms with Crippen LogP contribution >= 0.6 is 11.3 Å². The zero-order chi connectivity index (χ0) is 20.4. The van der Waals surface area contributed by atoms with E-state index in [0.717, 1.165) is 22.3 Å². The molecule has 4 aromatic rings. The standard InChI is InChI=1S/C20H14FN3O3S2/c21-14-8-10-16(11-9-14)29(26,27)24-15-5-3-4-13(12-15)19(25)23-20-22-17-6-1-2-7-18(17)28-20/h1-12,24H,(H,22,23,25). The molecule has 9 heteroatoms. The highest BCUT2D eigenvalue weighted by Crippen LogP contribution is 2.26. The third-order valence-electron chi connectivity index (χ3n) is 4.02. The number of aromatic nitrogens is 1. The number of anilines is 2. The van der Waals surface area contributed by atoms with Crippen molar-refractivity contribution in [3.63, 3.8) is 0 Å². The first-order chi connectivity index (χ1) is 13.9. The molecular formula is C20H14FN3O3S2. The van der Waals surface area contributed by atoms with Crippen LogP contribution < -0.4 is 10.0 Å². The van der Waals surface area contributed by atoms with E-state index in [1.807, 2.05) is 24.3 Å². The molecule has 1 aromatic heterocycles. The van der Waals surface area contributed by atoms with E-state index in [1.165, 1.54) is 35.6 Å². The Hall–Kier alpha value is -3.30. The summed E-state index contributed by atoms with van der Waals surface area (Å²) in [5.74, 6) is -0.940. The molecule has 0 aliphatic heterocycles. The van der Waals surface area contributed by atoms with Crippen LogP contribution in [0.3, 0.4) is 0 Å². The van der Waals surface area contributed by atoms with Gasteiger partial charge in [0.2, 0.25) is 0 Å². The van der Waals surface area contributed by atoms with Crippen LogP contribution in [0.4, 0.5) is 15.2 Å². The second-order valence-corrected chi connectivity index (χ2v) is 8.79. The van der Waals surface area contributed by atoms with E-state index in [4.69, 9.17) is 0 Å². The molecule has 0 aliphatic carbocycles. The molecule has 0 saturated carbocycles. The highest BCUT2D eigenvalue weighted by atomic mass is 32.2. The summed E-state index contributed by atoms with van der Waals surface area (Å²) in [7, 11) is -3.91. The van der Waals surface area contributed by atoms with E-state index < -0.39 is 21.7 Å². The minimum Gasteiger partial charge on any atom is -0.298 e. The summed E-state index contributed by atoms with van der Waals surface area (Å²) in [6.07, 6.45) is 0. The van der Waals surface area contributed by atoms with Crippen LogP contribution in [0.5, 0.6) is 0 Å². The zero-order valence-electron chi connectivity index (χ0n) is 14.8. The minimum atomic E-state index is -3.91. The van der Waals surface area contributed by atoms with Crippen molar-refractivity contribution < 1.29 is 17.6 Å². The Morgan fingerprint density at radius 2 is 1.72 bits per heavy atom. The molecule has 3 aromatic carbocycles. The Balaban J connectivity index is 1.53. The number of hydrogen-bond acceptors (Lipinski definition) is 5. The lowest BCUT2D eigenvalue weighted by atomic mass is 10.2. The number of benzene rings is 3. The van der Waals surface area contributed by atoms with Crippen molar-refractivity contribution in [2.45, 2.75) is 4.90 Å². The Morgan fingerprint density at radius 3 is 2.48 bits per heavy atom. The number of halogens is 1. The monoisotopic (exact) mass is 427 g/mol. The molecule has 0 spiro atoms. The van der Waals surface area contributed by atoms with Crippen LogP contribution in [0.2, 0.25) is 0 Å². The quantitative estimate of drug-likeness (QED) is 0.491. The van der Waals surface area contributed by atoms with Crippen LogP contribution in [0, 0.1) is 5.82 Å². The number of thiazole rings is 1. The van der Waals surface area contributed by atoms with E-state index in [-0.39, 0.29) is 16.1 Å². The Labute approximate surface area is 170 Å². The Morgan fingerprint density at radius 1 is 0.966 bits per heavy atom. The smallest absolute Gasteiger partial charge is 0.261 e. The molecule has 0 saturated heterocycles. The topological polar surface area (TPSA) is 88.2 Å². The first kappa shape index (κ1) is 19.0. The number of nitrogens with one attached hydrogen (secondary N) is 2. The fourth-order valence-corrected chi connectivity index (χ4v) is 4.56. The van der Waals surface area contributed by atoms with Gasteiger partial charge in [0.15, 0.2) is 5.13 Å². The number of sulfonamides is 1. The van der Waals surface area contributed by atoms with E-state index >= 15 is 0 Å². The van der Waals surface area contributed by atoms with Crippen molar-refractivity contribution in [1.82, 2.24) is 4.98 Å². The summed E-state index contributed by atoms with van der Waals surface area (Å²) in [6.45, 7) is 0. The van der Waals surface area contributed by atoms with E-state index in [1.54, 1.807) is 12.1 Å². The van der Waals surface area contributed by atoms with Gasteiger partial charge in [-0.05, 0) is 54.6 Å². The highest BCUT2D eigenvalue weighted by molar-refractivity contribution is 7.92. The van der Waals surface area contributed by atoms with Crippen molar-refractivity contribution >= 4 is 48.3 Å². The van der Waals surface area contributed by atoms with Crippen molar-refractivity contribution in [3.05, 3.63) is 84.2 Å². The molecule has 0 bridgehead atoms. The third kappa shape index (κ3) is 4.25. The summed E-state index contributed by atoms with van der Waals surface area (Å²) >= 11 is 1.35. The van der Waals surface area contributed by atoms with Gasteiger partial charge in [0.25, 0.3) is 15.9 Å². The van der Waals surface area contributed by atoms with Gasteiger partial charge < -0.3 is 0 Å². The fraction of sp³-hybridized carbons (Fsp3) is 0. The van der Waals surface area contributed by atoms with Gasteiger partial charge in [-0.15, -0.1) is 0 Å². The lowest BCUT2D eigenvalue weighted by molar-refractivity contribution is 0.102. The normalized spacial score (nSPS) is 11.3. The minimum absolute atomic E-state index is 0.0803. The highest BCUT2D eigenvalue weighted by Gasteiger charge is 2.16. The van der Waals surface area contributed by atoms with Gasteiger partial charge in [0.05, 0.1) is 15.1 Å². The largest absolute Gasteiger partial charge is 0.298 e. The third-order valence-corrected chi connectivity index (χ3v) is 6.36. The molecular weight excluding hydrogens is 413 g/mol. The maximum absolute atomic E-state index is 13.0. The Kier molecular flexibility index (Phi) is 4.99. The van der Waals surface area contributed by atoms with E-state index in [2.05, 4.69) is 15.0 Å². The summed E-state index contributed by atoms with van der Waals surface area (Å²) in [4.78, 5) is 16.8. The molecule has 0 atom stereocenters. The molecule has 2 N–H and O–H groups in total. The summed E-state index contributed by atoms with van der Waals surface area (Å²) < 4.78 is 41.2. The van der Waals surface area contributed by atoms with Crippen molar-refractivity contribution in [2.75, 3.05) is 10.0 Å². The number of rotatable bonds is 5. The lowest BCUT2D eigenvalue weighted by Gasteiger charge is -2.09.